The van der Waals surface area contributed by atoms with E-state index in [1.165, 1.54) is 6.07 Å². The van der Waals surface area contributed by atoms with Crippen molar-refractivity contribution in [2.75, 3.05) is 20.1 Å². The maximum Gasteiger partial charge on any atom is 0.419 e. The van der Waals surface area contributed by atoms with Crippen LogP contribution in [0.4, 0.5) is 17.6 Å². The molecule has 0 saturated carbocycles. The van der Waals surface area contributed by atoms with Gasteiger partial charge in [-0.3, -0.25) is 0 Å². The summed E-state index contributed by atoms with van der Waals surface area (Å²) in [4.78, 5) is 2.10. The van der Waals surface area contributed by atoms with Crippen LogP contribution < -0.4 is 5.32 Å². The minimum Gasteiger partial charge on any atom is -0.309 e. The number of hydrogen-bond donors (Lipinski definition) is 1. The van der Waals surface area contributed by atoms with E-state index in [4.69, 9.17) is 0 Å². The average Bonchev–Trinajstić information content (AvgIpc) is 2.36. The Labute approximate surface area is 116 Å². The molecule has 0 aromatic heterocycles. The molecule has 2 nitrogen and oxygen atoms in total. The molecule has 0 aliphatic carbocycles. The first-order valence-corrected chi connectivity index (χ1v) is 6.51. The first-order chi connectivity index (χ1) is 9.24. The number of nitrogens with one attached hydrogen (secondary N) is 1. The molecule has 0 amide bonds. The number of likely N-dealkylation sites (N-methyl/N-ethyl adjacent to an activating group) is 1. The Morgan fingerprint density at radius 2 is 1.95 bits per heavy atom. The topological polar surface area (TPSA) is 15.3 Å². The van der Waals surface area contributed by atoms with Crippen LogP contribution in [0.2, 0.25) is 0 Å². The van der Waals surface area contributed by atoms with E-state index >= 15 is 0 Å². The van der Waals surface area contributed by atoms with Crippen molar-refractivity contribution in [1.29, 1.82) is 0 Å². The summed E-state index contributed by atoms with van der Waals surface area (Å²) in [6.45, 7) is 5.97. The van der Waals surface area contributed by atoms with E-state index in [9.17, 15) is 17.6 Å². The highest BCUT2D eigenvalue weighted by molar-refractivity contribution is 5.27. The fraction of sp³-hybridized carbons (Fsp3) is 0.571. The van der Waals surface area contributed by atoms with E-state index in [1.807, 2.05) is 20.9 Å². The second kappa shape index (κ2) is 7.04. The van der Waals surface area contributed by atoms with Crippen molar-refractivity contribution in [3.05, 3.63) is 35.1 Å². The molecule has 1 aromatic carbocycles. The number of alkyl halides is 3. The lowest BCUT2D eigenvalue weighted by Crippen LogP contribution is -2.36. The number of hydrogen-bond acceptors (Lipinski definition) is 2. The summed E-state index contributed by atoms with van der Waals surface area (Å²) in [5.74, 6) is -1.24. The second-order valence-corrected chi connectivity index (χ2v) is 4.95. The number of benzene rings is 1. The Balaban J connectivity index is 2.65. The van der Waals surface area contributed by atoms with Crippen LogP contribution in [-0.2, 0) is 12.7 Å². The zero-order valence-corrected chi connectivity index (χ0v) is 11.9. The van der Waals surface area contributed by atoms with Gasteiger partial charge in [-0.2, -0.15) is 13.2 Å². The van der Waals surface area contributed by atoms with Gasteiger partial charge in [-0.1, -0.05) is 13.0 Å². The molecular weight excluding hydrogens is 272 g/mol. The van der Waals surface area contributed by atoms with Crippen molar-refractivity contribution in [3.63, 3.8) is 0 Å². The molecule has 0 radical (unpaired) electrons. The molecule has 6 heteroatoms. The van der Waals surface area contributed by atoms with Gasteiger partial charge in [0.2, 0.25) is 0 Å². The van der Waals surface area contributed by atoms with Crippen LogP contribution >= 0.6 is 0 Å². The third-order valence-corrected chi connectivity index (χ3v) is 3.12. The van der Waals surface area contributed by atoms with E-state index in [-0.39, 0.29) is 12.6 Å². The van der Waals surface area contributed by atoms with Gasteiger partial charge in [0, 0.05) is 19.1 Å². The fourth-order valence-corrected chi connectivity index (χ4v) is 1.85. The molecule has 1 rings (SSSR count). The Morgan fingerprint density at radius 3 is 2.50 bits per heavy atom. The monoisotopic (exact) mass is 292 g/mol. The van der Waals surface area contributed by atoms with Gasteiger partial charge in [-0.15, -0.1) is 0 Å². The quantitative estimate of drug-likeness (QED) is 0.810. The highest BCUT2D eigenvalue weighted by atomic mass is 19.4. The van der Waals surface area contributed by atoms with Crippen LogP contribution in [0.1, 0.15) is 25.0 Å². The standard InChI is InChI=1S/C14H20F4N2/c1-4-20(3)9-10(2)19-8-11-5-6-13(15)12(7-11)14(16,17)18/h5-7,10,19H,4,8-9H2,1-3H3. The maximum atomic E-state index is 13.1. The maximum absolute atomic E-state index is 13.1. The molecular formula is C14H20F4N2. The van der Waals surface area contributed by atoms with Crippen molar-refractivity contribution in [2.45, 2.75) is 32.6 Å². The van der Waals surface area contributed by atoms with Crippen LogP contribution in [0, 0.1) is 5.82 Å². The molecule has 0 spiro atoms. The zero-order chi connectivity index (χ0) is 15.3. The molecule has 1 N–H and O–H groups in total. The number of halogens is 4. The minimum atomic E-state index is -4.66. The van der Waals surface area contributed by atoms with E-state index in [0.717, 1.165) is 25.2 Å². The first-order valence-electron chi connectivity index (χ1n) is 6.51. The van der Waals surface area contributed by atoms with Crippen molar-refractivity contribution >= 4 is 0 Å². The molecule has 114 valence electrons. The van der Waals surface area contributed by atoms with Gasteiger partial charge < -0.3 is 10.2 Å². The van der Waals surface area contributed by atoms with Gasteiger partial charge in [-0.25, -0.2) is 4.39 Å². The fourth-order valence-electron chi connectivity index (χ4n) is 1.85. The molecule has 1 aromatic rings. The van der Waals surface area contributed by atoms with E-state index in [2.05, 4.69) is 10.2 Å². The third-order valence-electron chi connectivity index (χ3n) is 3.12. The smallest absolute Gasteiger partial charge is 0.309 e. The molecule has 0 fully saturated rings. The van der Waals surface area contributed by atoms with E-state index < -0.39 is 17.6 Å². The average molecular weight is 292 g/mol. The summed E-state index contributed by atoms with van der Waals surface area (Å²) in [6, 6.07) is 3.23. The molecule has 0 saturated heterocycles. The minimum absolute atomic E-state index is 0.138. The van der Waals surface area contributed by atoms with Crippen LogP contribution in [0.3, 0.4) is 0 Å². The lowest BCUT2D eigenvalue weighted by Gasteiger charge is -2.21. The Bertz CT molecular complexity index is 432. The van der Waals surface area contributed by atoms with Crippen molar-refractivity contribution < 1.29 is 17.6 Å². The molecule has 0 heterocycles. The molecule has 0 aliphatic heterocycles. The Morgan fingerprint density at radius 1 is 1.30 bits per heavy atom. The second-order valence-electron chi connectivity index (χ2n) is 4.95. The summed E-state index contributed by atoms with van der Waals surface area (Å²) in [7, 11) is 1.97. The van der Waals surface area contributed by atoms with Gasteiger partial charge >= 0.3 is 6.18 Å². The molecule has 1 unspecified atom stereocenters. The van der Waals surface area contributed by atoms with Crippen LogP contribution in [0.15, 0.2) is 18.2 Å². The van der Waals surface area contributed by atoms with Crippen molar-refractivity contribution in [1.82, 2.24) is 10.2 Å². The molecule has 0 bridgehead atoms. The van der Waals surface area contributed by atoms with Gasteiger partial charge in [0.1, 0.15) is 5.82 Å². The van der Waals surface area contributed by atoms with Gasteiger partial charge in [-0.05, 0) is 38.2 Å². The van der Waals surface area contributed by atoms with Crippen LogP contribution in [0.25, 0.3) is 0 Å². The molecule has 0 aliphatic rings. The van der Waals surface area contributed by atoms with Crippen molar-refractivity contribution in [3.8, 4) is 0 Å². The summed E-state index contributed by atoms with van der Waals surface area (Å²) in [6.07, 6.45) is -4.66. The van der Waals surface area contributed by atoms with Gasteiger partial charge in [0.05, 0.1) is 5.56 Å². The zero-order valence-electron chi connectivity index (χ0n) is 11.9. The third kappa shape index (κ3) is 5.09. The molecule has 1 atom stereocenters. The Hall–Kier alpha value is -1.14. The number of nitrogens with zero attached hydrogens (tertiary/aromatic N) is 1. The predicted molar refractivity (Wildman–Crippen MR) is 70.9 cm³/mol. The van der Waals surface area contributed by atoms with Gasteiger partial charge in [0.25, 0.3) is 0 Å². The Kier molecular flexibility index (Phi) is 5.95. The summed E-state index contributed by atoms with van der Waals surface area (Å²) in [5.41, 5.74) is -0.792. The highest BCUT2D eigenvalue weighted by Gasteiger charge is 2.34. The van der Waals surface area contributed by atoms with Crippen molar-refractivity contribution in [2.24, 2.45) is 0 Å². The SMILES string of the molecule is CCN(C)CC(C)NCc1ccc(F)c(C(F)(F)F)c1. The van der Waals surface area contributed by atoms with Crippen LogP contribution in [-0.4, -0.2) is 31.1 Å². The largest absolute Gasteiger partial charge is 0.419 e. The lowest BCUT2D eigenvalue weighted by atomic mass is 10.1. The predicted octanol–water partition coefficient (Wildman–Crippen LogP) is 3.27. The van der Waals surface area contributed by atoms with E-state index in [0.29, 0.717) is 5.56 Å². The summed E-state index contributed by atoms with van der Waals surface area (Å²) in [5, 5.41) is 3.13. The lowest BCUT2D eigenvalue weighted by molar-refractivity contribution is -0.140. The van der Waals surface area contributed by atoms with E-state index in [1.54, 1.807) is 0 Å². The summed E-state index contributed by atoms with van der Waals surface area (Å²) < 4.78 is 50.9. The normalized spacial score (nSPS) is 13.8. The van der Waals surface area contributed by atoms with Crippen LogP contribution in [0.5, 0.6) is 0 Å². The summed E-state index contributed by atoms with van der Waals surface area (Å²) >= 11 is 0. The first kappa shape index (κ1) is 16.9. The number of rotatable bonds is 6. The van der Waals surface area contributed by atoms with Gasteiger partial charge in [0.15, 0.2) is 0 Å². The molecule has 20 heavy (non-hydrogen) atoms. The highest BCUT2D eigenvalue weighted by Crippen LogP contribution is 2.31.